The lowest BCUT2D eigenvalue weighted by atomic mass is 10.1. The lowest BCUT2D eigenvalue weighted by Crippen LogP contribution is -2.12. The van der Waals surface area contributed by atoms with Crippen LogP contribution in [0.3, 0.4) is 0 Å². The Morgan fingerprint density at radius 3 is 2.26 bits per heavy atom. The predicted octanol–water partition coefficient (Wildman–Crippen LogP) is 4.72. The Kier molecular flexibility index (Phi) is 5.57. The number of esters is 1. The van der Waals surface area contributed by atoms with Crippen molar-refractivity contribution < 1.29 is 18.7 Å². The molecule has 0 fully saturated rings. The number of nitrogens with one attached hydrogen (secondary N) is 1. The van der Waals surface area contributed by atoms with Gasteiger partial charge in [-0.3, -0.25) is 4.79 Å². The normalized spacial score (nSPS) is 10.5. The largest absolute Gasteiger partial charge is 0.465 e. The van der Waals surface area contributed by atoms with Gasteiger partial charge in [-0.15, -0.1) is 0 Å². The number of methoxy groups -OCH3 is 1. The van der Waals surface area contributed by atoms with Crippen LogP contribution < -0.4 is 5.32 Å². The fourth-order valence-corrected chi connectivity index (χ4v) is 3.08. The van der Waals surface area contributed by atoms with Gasteiger partial charge in [0.25, 0.3) is 5.91 Å². The summed E-state index contributed by atoms with van der Waals surface area (Å²) in [6.45, 7) is 0. The van der Waals surface area contributed by atoms with Crippen LogP contribution in [0, 0.1) is 5.82 Å². The van der Waals surface area contributed by atoms with Crippen LogP contribution in [0.4, 0.5) is 10.1 Å². The maximum absolute atomic E-state index is 13.4. The van der Waals surface area contributed by atoms with E-state index in [1.807, 2.05) is 30.3 Å². The van der Waals surface area contributed by atoms with Crippen molar-refractivity contribution in [3.05, 3.63) is 102 Å². The number of aromatic nitrogens is 2. The number of ether oxygens (including phenoxy) is 1. The summed E-state index contributed by atoms with van der Waals surface area (Å²) in [5.74, 6) is -1.21. The minimum Gasteiger partial charge on any atom is -0.465 e. The number of benzene rings is 3. The van der Waals surface area contributed by atoms with E-state index < -0.39 is 5.97 Å². The first-order valence-corrected chi connectivity index (χ1v) is 9.46. The quantitative estimate of drug-likeness (QED) is 0.479. The summed E-state index contributed by atoms with van der Waals surface area (Å²) in [6.07, 6.45) is 1.63. The van der Waals surface area contributed by atoms with E-state index >= 15 is 0 Å². The minimum atomic E-state index is -0.458. The Bertz CT molecular complexity index is 1220. The highest BCUT2D eigenvalue weighted by atomic mass is 19.1. The van der Waals surface area contributed by atoms with E-state index in [1.54, 1.807) is 47.3 Å². The van der Waals surface area contributed by atoms with E-state index in [-0.39, 0.29) is 11.7 Å². The second-order valence-electron chi connectivity index (χ2n) is 6.70. The van der Waals surface area contributed by atoms with Gasteiger partial charge < -0.3 is 10.1 Å². The smallest absolute Gasteiger partial charge is 0.337 e. The molecule has 1 amide bonds. The summed E-state index contributed by atoms with van der Waals surface area (Å²) in [6, 6.07) is 21.5. The van der Waals surface area contributed by atoms with Crippen molar-refractivity contribution in [3.8, 4) is 16.9 Å². The van der Waals surface area contributed by atoms with Gasteiger partial charge in [-0.05, 0) is 60.7 Å². The van der Waals surface area contributed by atoms with E-state index in [4.69, 9.17) is 0 Å². The Morgan fingerprint density at radius 1 is 0.935 bits per heavy atom. The zero-order valence-electron chi connectivity index (χ0n) is 16.6. The second kappa shape index (κ2) is 8.62. The molecule has 6 nitrogen and oxygen atoms in total. The molecule has 0 atom stereocenters. The van der Waals surface area contributed by atoms with E-state index in [0.29, 0.717) is 28.1 Å². The van der Waals surface area contributed by atoms with Crippen molar-refractivity contribution >= 4 is 17.6 Å². The third-order valence-corrected chi connectivity index (χ3v) is 4.66. The second-order valence-corrected chi connectivity index (χ2v) is 6.70. The number of rotatable bonds is 5. The van der Waals surface area contributed by atoms with Crippen molar-refractivity contribution in [2.75, 3.05) is 12.4 Å². The van der Waals surface area contributed by atoms with Gasteiger partial charge in [-0.1, -0.05) is 18.2 Å². The molecule has 0 unspecified atom stereocenters. The maximum atomic E-state index is 13.4. The third-order valence-electron chi connectivity index (χ3n) is 4.66. The standard InChI is InChI=1S/C24H18FN3O3/c1-31-24(30)17-9-13-19(14-10-17)26-23(29)21-15-28(20-5-3-2-4-6-20)27-22(21)16-7-11-18(25)12-8-16/h2-15H,1H3,(H,26,29). The summed E-state index contributed by atoms with van der Waals surface area (Å²) >= 11 is 0. The number of hydrogen-bond donors (Lipinski definition) is 1. The lowest BCUT2D eigenvalue weighted by molar-refractivity contribution is 0.0600. The van der Waals surface area contributed by atoms with Gasteiger partial charge >= 0.3 is 5.97 Å². The van der Waals surface area contributed by atoms with Crippen molar-refractivity contribution in [3.63, 3.8) is 0 Å². The van der Waals surface area contributed by atoms with Gasteiger partial charge in [0.2, 0.25) is 0 Å². The fourth-order valence-electron chi connectivity index (χ4n) is 3.08. The molecule has 4 rings (SSSR count). The first-order valence-electron chi connectivity index (χ1n) is 9.46. The van der Waals surface area contributed by atoms with Crippen LogP contribution in [0.5, 0.6) is 0 Å². The van der Waals surface area contributed by atoms with Crippen LogP contribution in [-0.2, 0) is 4.74 Å². The van der Waals surface area contributed by atoms with Crippen molar-refractivity contribution in [2.24, 2.45) is 0 Å². The predicted molar refractivity (Wildman–Crippen MR) is 115 cm³/mol. The number of carbonyl (C=O) groups excluding carboxylic acids is 2. The molecular weight excluding hydrogens is 397 g/mol. The number of hydrogen-bond acceptors (Lipinski definition) is 4. The molecule has 7 heteroatoms. The summed E-state index contributed by atoms with van der Waals surface area (Å²) in [5, 5.41) is 7.37. The number of para-hydroxylation sites is 1. The topological polar surface area (TPSA) is 73.2 Å². The van der Waals surface area contributed by atoms with Crippen LogP contribution in [0.1, 0.15) is 20.7 Å². The number of carbonyl (C=O) groups is 2. The van der Waals surface area contributed by atoms with Crippen LogP contribution in [0.25, 0.3) is 16.9 Å². The van der Waals surface area contributed by atoms with Gasteiger partial charge in [0.05, 0.1) is 23.9 Å². The highest BCUT2D eigenvalue weighted by Gasteiger charge is 2.19. The zero-order valence-corrected chi connectivity index (χ0v) is 16.6. The molecule has 0 spiro atoms. The Morgan fingerprint density at radius 2 is 1.61 bits per heavy atom. The van der Waals surface area contributed by atoms with E-state index in [1.165, 1.54) is 19.2 Å². The van der Waals surface area contributed by atoms with Crippen molar-refractivity contribution in [1.29, 1.82) is 0 Å². The summed E-state index contributed by atoms with van der Waals surface area (Å²) < 4.78 is 19.7. The molecule has 0 aliphatic rings. The molecule has 1 N–H and O–H groups in total. The molecule has 0 radical (unpaired) electrons. The van der Waals surface area contributed by atoms with Gasteiger partial charge in [0.1, 0.15) is 11.5 Å². The third kappa shape index (κ3) is 4.35. The highest BCUT2D eigenvalue weighted by molar-refractivity contribution is 6.08. The van der Waals surface area contributed by atoms with Gasteiger partial charge in [-0.25, -0.2) is 13.9 Å². The number of nitrogens with zero attached hydrogens (tertiary/aromatic N) is 2. The van der Waals surface area contributed by atoms with Crippen LogP contribution in [0.2, 0.25) is 0 Å². The molecular formula is C24H18FN3O3. The molecule has 1 aromatic heterocycles. The molecule has 3 aromatic carbocycles. The molecule has 0 saturated heterocycles. The minimum absolute atomic E-state index is 0.326. The first kappa shape index (κ1) is 20.0. The number of halogens is 1. The summed E-state index contributed by atoms with van der Waals surface area (Å²) in [4.78, 5) is 24.6. The number of anilines is 1. The Labute approximate surface area is 177 Å². The molecule has 0 saturated carbocycles. The first-order chi connectivity index (χ1) is 15.0. The van der Waals surface area contributed by atoms with E-state index in [2.05, 4.69) is 15.2 Å². The molecule has 154 valence electrons. The maximum Gasteiger partial charge on any atom is 0.337 e. The summed E-state index contributed by atoms with van der Waals surface area (Å²) in [5.41, 5.74) is 3.04. The van der Waals surface area contributed by atoms with Gasteiger partial charge in [0.15, 0.2) is 0 Å². The average molecular weight is 415 g/mol. The number of amides is 1. The monoisotopic (exact) mass is 415 g/mol. The Balaban J connectivity index is 1.68. The lowest BCUT2D eigenvalue weighted by Gasteiger charge is -2.06. The van der Waals surface area contributed by atoms with Gasteiger partial charge in [-0.2, -0.15) is 5.10 Å². The zero-order chi connectivity index (χ0) is 21.8. The van der Waals surface area contributed by atoms with Crippen LogP contribution in [-0.4, -0.2) is 28.8 Å². The van der Waals surface area contributed by atoms with Crippen LogP contribution in [0.15, 0.2) is 85.1 Å². The SMILES string of the molecule is COC(=O)c1ccc(NC(=O)c2cn(-c3ccccc3)nc2-c2ccc(F)cc2)cc1. The van der Waals surface area contributed by atoms with E-state index in [9.17, 15) is 14.0 Å². The van der Waals surface area contributed by atoms with Crippen molar-refractivity contribution in [2.45, 2.75) is 0 Å². The van der Waals surface area contributed by atoms with Gasteiger partial charge in [0, 0.05) is 17.4 Å². The highest BCUT2D eigenvalue weighted by Crippen LogP contribution is 2.25. The molecule has 4 aromatic rings. The van der Waals surface area contributed by atoms with Crippen LogP contribution >= 0.6 is 0 Å². The molecule has 0 aliphatic carbocycles. The molecule has 0 aliphatic heterocycles. The van der Waals surface area contributed by atoms with Crippen molar-refractivity contribution in [1.82, 2.24) is 9.78 Å². The fraction of sp³-hybridized carbons (Fsp3) is 0.0417. The Hall–Kier alpha value is -4.26. The van der Waals surface area contributed by atoms with E-state index in [0.717, 1.165) is 5.69 Å². The molecule has 1 heterocycles. The molecule has 31 heavy (non-hydrogen) atoms. The average Bonchev–Trinajstić information content (AvgIpc) is 3.26. The molecule has 0 bridgehead atoms. The summed E-state index contributed by atoms with van der Waals surface area (Å²) in [7, 11) is 1.30.